The number of halogens is 1. The number of ketones is 1. The quantitative estimate of drug-likeness (QED) is 0.544. The molecule has 1 saturated carbocycles. The van der Waals surface area contributed by atoms with Crippen LogP contribution in [0, 0.1) is 11.8 Å². The van der Waals surface area contributed by atoms with Gasteiger partial charge in [0, 0.05) is 10.0 Å². The van der Waals surface area contributed by atoms with Gasteiger partial charge in [-0.15, -0.1) is 0 Å². The smallest absolute Gasteiger partial charge is 0.317 e. The number of hydrogen-bond acceptors (Lipinski definition) is 3. The summed E-state index contributed by atoms with van der Waals surface area (Å²) in [6.45, 7) is 5.53. The summed E-state index contributed by atoms with van der Waals surface area (Å²) in [5.74, 6) is -0.685. The minimum absolute atomic E-state index is 0.0695. The number of hydrogen-bond donors (Lipinski definition) is 0. The molecule has 1 aromatic carbocycles. The maximum atomic E-state index is 12.9. The summed E-state index contributed by atoms with van der Waals surface area (Å²) in [6.07, 6.45) is 3.03. The van der Waals surface area contributed by atoms with Gasteiger partial charge < -0.3 is 4.74 Å². The molecule has 0 radical (unpaired) electrons. The summed E-state index contributed by atoms with van der Waals surface area (Å²) >= 11 is 3.49. The second-order valence-electron chi connectivity index (χ2n) is 7.31. The van der Waals surface area contributed by atoms with E-state index < -0.39 is 11.5 Å². The highest BCUT2D eigenvalue weighted by atomic mass is 79.9. The lowest BCUT2D eigenvalue weighted by Gasteiger charge is -2.34. The fraction of sp³-hybridized carbons (Fsp3) is 0.556. The van der Waals surface area contributed by atoms with E-state index in [0.717, 1.165) is 29.3 Å². The fourth-order valence-electron chi connectivity index (χ4n) is 3.85. The van der Waals surface area contributed by atoms with Crippen molar-refractivity contribution in [3.8, 4) is 0 Å². The van der Waals surface area contributed by atoms with Gasteiger partial charge in [-0.2, -0.15) is 0 Å². The van der Waals surface area contributed by atoms with Crippen LogP contribution in [0.2, 0.25) is 0 Å². The first kappa shape index (κ1) is 15.7. The van der Waals surface area contributed by atoms with Crippen LogP contribution in [-0.4, -0.2) is 17.4 Å². The largest absolute Gasteiger partial charge is 0.459 e. The van der Waals surface area contributed by atoms with E-state index in [-0.39, 0.29) is 17.7 Å². The van der Waals surface area contributed by atoms with Gasteiger partial charge >= 0.3 is 5.97 Å². The monoisotopic (exact) mass is 364 g/mol. The van der Waals surface area contributed by atoms with Crippen molar-refractivity contribution < 1.29 is 14.3 Å². The van der Waals surface area contributed by atoms with E-state index in [2.05, 4.69) is 15.9 Å². The zero-order chi connectivity index (χ0) is 16.1. The minimum atomic E-state index is -0.639. The fourth-order valence-corrected chi connectivity index (χ4v) is 4.23. The zero-order valence-electron chi connectivity index (χ0n) is 13.2. The van der Waals surface area contributed by atoms with Gasteiger partial charge in [-0.3, -0.25) is 9.59 Å². The van der Waals surface area contributed by atoms with Crippen molar-refractivity contribution in [2.45, 2.75) is 51.6 Å². The van der Waals surface area contributed by atoms with Crippen molar-refractivity contribution in [2.75, 3.05) is 0 Å². The van der Waals surface area contributed by atoms with Gasteiger partial charge in [-0.25, -0.2) is 0 Å². The van der Waals surface area contributed by atoms with Crippen molar-refractivity contribution in [3.63, 3.8) is 0 Å². The zero-order valence-corrected chi connectivity index (χ0v) is 14.8. The average molecular weight is 365 g/mol. The molecule has 0 spiro atoms. The maximum Gasteiger partial charge on any atom is 0.317 e. The van der Waals surface area contributed by atoms with Crippen LogP contribution in [0.4, 0.5) is 0 Å². The summed E-state index contributed by atoms with van der Waals surface area (Å²) < 4.78 is 6.51. The molecule has 0 aliphatic heterocycles. The number of ether oxygens (including phenoxy) is 1. The van der Waals surface area contributed by atoms with Crippen molar-refractivity contribution in [3.05, 3.63) is 33.8 Å². The SMILES string of the molecule is CC(C)(C)OC(=O)C1C(=O)c2ccc(Br)cc2[C@@H]2CCC[C@H]12. The Morgan fingerprint density at radius 1 is 1.27 bits per heavy atom. The number of carbonyl (C=O) groups is 2. The third-order valence-electron chi connectivity index (χ3n) is 4.62. The van der Waals surface area contributed by atoms with Crippen molar-refractivity contribution in [2.24, 2.45) is 11.8 Å². The molecule has 3 nitrogen and oxygen atoms in total. The Bertz CT molecular complexity index is 630. The van der Waals surface area contributed by atoms with Crippen molar-refractivity contribution in [1.29, 1.82) is 0 Å². The molecule has 22 heavy (non-hydrogen) atoms. The molecular formula is C18H21BrO3. The third kappa shape index (κ3) is 2.73. The Kier molecular flexibility index (Phi) is 3.92. The van der Waals surface area contributed by atoms with E-state index in [9.17, 15) is 9.59 Å². The second kappa shape index (κ2) is 5.48. The van der Waals surface area contributed by atoms with Crippen LogP contribution in [-0.2, 0) is 9.53 Å². The Balaban J connectivity index is 2.01. The molecule has 1 aromatic rings. The number of fused-ring (bicyclic) bond motifs is 3. The van der Waals surface area contributed by atoms with E-state index in [4.69, 9.17) is 4.74 Å². The molecular weight excluding hydrogens is 344 g/mol. The first-order chi connectivity index (χ1) is 10.3. The van der Waals surface area contributed by atoms with Crippen LogP contribution in [0.25, 0.3) is 0 Å². The van der Waals surface area contributed by atoms with Crippen LogP contribution in [0.15, 0.2) is 22.7 Å². The predicted molar refractivity (Wildman–Crippen MR) is 87.9 cm³/mol. The Labute approximate surface area is 139 Å². The molecule has 0 saturated heterocycles. The number of rotatable bonds is 1. The van der Waals surface area contributed by atoms with Gasteiger partial charge in [0.1, 0.15) is 11.5 Å². The van der Waals surface area contributed by atoms with E-state index in [1.54, 1.807) is 0 Å². The van der Waals surface area contributed by atoms with Gasteiger partial charge in [-0.05, 0) is 69.2 Å². The van der Waals surface area contributed by atoms with Crippen LogP contribution in [0.5, 0.6) is 0 Å². The van der Waals surface area contributed by atoms with Crippen LogP contribution in [0.1, 0.15) is 61.9 Å². The first-order valence-electron chi connectivity index (χ1n) is 7.84. The van der Waals surface area contributed by atoms with Gasteiger partial charge in [0.15, 0.2) is 5.78 Å². The first-order valence-corrected chi connectivity index (χ1v) is 8.64. The standard InChI is InChI=1S/C18H21BrO3/c1-18(2,3)22-17(21)15-12-6-4-5-11(12)14-9-10(19)7-8-13(14)16(15)20/h7-9,11-12,15H,4-6H2,1-3H3/t11-,12+,15?/m1/s1. The van der Waals surface area contributed by atoms with Crippen LogP contribution in [0.3, 0.4) is 0 Å². The van der Waals surface area contributed by atoms with Crippen molar-refractivity contribution >= 4 is 27.7 Å². The lowest BCUT2D eigenvalue weighted by atomic mass is 9.70. The molecule has 3 rings (SSSR count). The molecule has 0 amide bonds. The molecule has 2 aliphatic carbocycles. The highest BCUT2D eigenvalue weighted by Crippen LogP contribution is 2.50. The van der Waals surface area contributed by atoms with Crippen molar-refractivity contribution in [1.82, 2.24) is 0 Å². The summed E-state index contributed by atoms with van der Waals surface area (Å²) in [7, 11) is 0. The van der Waals surface area contributed by atoms with Gasteiger partial charge in [0.25, 0.3) is 0 Å². The molecule has 3 atom stereocenters. The Hall–Kier alpha value is -1.16. The molecule has 0 bridgehead atoms. The Morgan fingerprint density at radius 3 is 2.68 bits per heavy atom. The van der Waals surface area contributed by atoms with Crippen LogP contribution < -0.4 is 0 Å². The molecule has 1 fully saturated rings. The summed E-state index contributed by atoms with van der Waals surface area (Å²) in [5, 5.41) is 0. The summed E-state index contributed by atoms with van der Waals surface area (Å²) in [5.41, 5.74) is 1.23. The molecule has 1 unspecified atom stereocenters. The minimum Gasteiger partial charge on any atom is -0.459 e. The average Bonchev–Trinajstić information content (AvgIpc) is 2.85. The highest BCUT2D eigenvalue weighted by molar-refractivity contribution is 9.10. The number of benzene rings is 1. The maximum absolute atomic E-state index is 12.9. The molecule has 0 heterocycles. The van der Waals surface area contributed by atoms with E-state index in [0.29, 0.717) is 11.5 Å². The molecule has 0 aromatic heterocycles. The lowest BCUT2D eigenvalue weighted by Crippen LogP contribution is -2.41. The van der Waals surface area contributed by atoms with E-state index in [1.807, 2.05) is 39.0 Å². The highest BCUT2D eigenvalue weighted by Gasteiger charge is 2.49. The normalized spacial score (nSPS) is 27.3. The van der Waals surface area contributed by atoms with E-state index in [1.165, 1.54) is 0 Å². The Morgan fingerprint density at radius 2 is 2.00 bits per heavy atom. The number of esters is 1. The topological polar surface area (TPSA) is 43.4 Å². The van der Waals surface area contributed by atoms with Crippen LogP contribution >= 0.6 is 15.9 Å². The number of Topliss-reactive ketones (excluding diaryl/α,β-unsaturated/α-hetero) is 1. The third-order valence-corrected chi connectivity index (χ3v) is 5.11. The molecule has 2 aliphatic rings. The van der Waals surface area contributed by atoms with E-state index >= 15 is 0 Å². The number of carbonyl (C=O) groups excluding carboxylic acids is 2. The molecule has 4 heteroatoms. The second-order valence-corrected chi connectivity index (χ2v) is 8.22. The van der Waals surface area contributed by atoms with Gasteiger partial charge in [-0.1, -0.05) is 22.4 Å². The van der Waals surface area contributed by atoms with Gasteiger partial charge in [0.2, 0.25) is 0 Å². The van der Waals surface area contributed by atoms with Gasteiger partial charge in [0.05, 0.1) is 0 Å². The predicted octanol–water partition coefficient (Wildman–Crippen LogP) is 4.49. The lowest BCUT2D eigenvalue weighted by molar-refractivity contribution is -0.160. The molecule has 118 valence electrons. The molecule has 0 N–H and O–H groups in total. The summed E-state index contributed by atoms with van der Waals surface area (Å²) in [4.78, 5) is 25.5. The summed E-state index contributed by atoms with van der Waals surface area (Å²) in [6, 6.07) is 5.76.